The van der Waals surface area contributed by atoms with Crippen molar-refractivity contribution >= 4 is 15.9 Å². The Labute approximate surface area is 153 Å². The Balaban J connectivity index is 1.90. The third-order valence-corrected chi connectivity index (χ3v) is 6.44. The van der Waals surface area contributed by atoms with Gasteiger partial charge in [-0.05, 0) is 108 Å². The van der Waals surface area contributed by atoms with Crippen LogP contribution in [-0.4, -0.2) is 18.1 Å². The van der Waals surface area contributed by atoms with E-state index >= 15 is 0 Å². The van der Waals surface area contributed by atoms with Crippen LogP contribution in [0.25, 0.3) is 0 Å². The van der Waals surface area contributed by atoms with Gasteiger partial charge in [0.2, 0.25) is 0 Å². The molecular formula is C21H25BrN2. The largest absolute Gasteiger partial charge is 0.317 e. The summed E-state index contributed by atoms with van der Waals surface area (Å²) in [5.41, 5.74) is 8.77. The second-order valence-corrected chi connectivity index (χ2v) is 8.25. The van der Waals surface area contributed by atoms with Crippen LogP contribution in [0, 0.1) is 19.8 Å². The van der Waals surface area contributed by atoms with Gasteiger partial charge in [0.1, 0.15) is 0 Å². The number of halogens is 1. The summed E-state index contributed by atoms with van der Waals surface area (Å²) in [4.78, 5) is 4.92. The minimum atomic E-state index is 0.451. The van der Waals surface area contributed by atoms with E-state index in [1.807, 2.05) is 6.20 Å². The van der Waals surface area contributed by atoms with Gasteiger partial charge >= 0.3 is 0 Å². The van der Waals surface area contributed by atoms with E-state index in [1.54, 1.807) is 11.1 Å². The molecule has 1 unspecified atom stereocenters. The van der Waals surface area contributed by atoms with E-state index in [2.05, 4.69) is 53.3 Å². The fraction of sp³-hybridized carbons (Fsp3) is 0.476. The Morgan fingerprint density at radius 2 is 1.92 bits per heavy atom. The summed E-state index contributed by atoms with van der Waals surface area (Å²) in [5.74, 6) is 1.14. The van der Waals surface area contributed by atoms with E-state index in [-0.39, 0.29) is 0 Å². The number of piperidine rings is 1. The molecule has 0 radical (unpaired) electrons. The zero-order valence-electron chi connectivity index (χ0n) is 14.5. The van der Waals surface area contributed by atoms with Crippen molar-refractivity contribution in [2.45, 2.75) is 45.4 Å². The van der Waals surface area contributed by atoms with Crippen molar-refractivity contribution in [1.82, 2.24) is 10.3 Å². The van der Waals surface area contributed by atoms with E-state index < -0.39 is 0 Å². The molecule has 1 fully saturated rings. The fourth-order valence-corrected chi connectivity index (χ4v) is 4.93. The molecule has 1 saturated heterocycles. The predicted octanol–water partition coefficient (Wildman–Crippen LogP) is 4.69. The first-order valence-electron chi connectivity index (χ1n) is 9.09. The zero-order valence-corrected chi connectivity index (χ0v) is 16.1. The maximum atomic E-state index is 4.92. The van der Waals surface area contributed by atoms with Gasteiger partial charge in [0, 0.05) is 16.6 Å². The SMILES string of the molecule is Cc1ccc2c(c1C)CCc1cc(Br)cnc1C2C1CCNCC1. The summed E-state index contributed by atoms with van der Waals surface area (Å²) in [6.07, 6.45) is 6.71. The van der Waals surface area contributed by atoms with Gasteiger partial charge in [-0.2, -0.15) is 0 Å². The van der Waals surface area contributed by atoms with Crippen LogP contribution in [0.1, 0.15) is 52.3 Å². The topological polar surface area (TPSA) is 24.9 Å². The number of fused-ring (bicyclic) bond motifs is 2. The maximum Gasteiger partial charge on any atom is 0.0514 e. The van der Waals surface area contributed by atoms with Gasteiger partial charge < -0.3 is 5.32 Å². The minimum absolute atomic E-state index is 0.451. The first-order chi connectivity index (χ1) is 11.6. The summed E-state index contributed by atoms with van der Waals surface area (Å²) < 4.78 is 1.10. The Bertz CT molecular complexity index is 763. The van der Waals surface area contributed by atoms with Gasteiger partial charge in [0.05, 0.1) is 5.69 Å². The third kappa shape index (κ3) is 2.82. The number of pyridine rings is 1. The summed E-state index contributed by atoms with van der Waals surface area (Å²) in [5, 5.41) is 3.52. The lowest BCUT2D eigenvalue weighted by atomic mass is 9.76. The quantitative estimate of drug-likeness (QED) is 0.770. The number of rotatable bonds is 1. The second-order valence-electron chi connectivity index (χ2n) is 7.34. The number of hydrogen-bond donors (Lipinski definition) is 1. The fourth-order valence-electron chi connectivity index (χ4n) is 4.55. The van der Waals surface area contributed by atoms with Crippen molar-refractivity contribution in [1.29, 1.82) is 0 Å². The van der Waals surface area contributed by atoms with E-state index in [4.69, 9.17) is 4.98 Å². The van der Waals surface area contributed by atoms with Crippen molar-refractivity contribution in [2.24, 2.45) is 5.92 Å². The summed E-state index contributed by atoms with van der Waals surface area (Å²) >= 11 is 3.62. The van der Waals surface area contributed by atoms with Crippen LogP contribution in [0.2, 0.25) is 0 Å². The van der Waals surface area contributed by atoms with Crippen LogP contribution >= 0.6 is 15.9 Å². The van der Waals surface area contributed by atoms with Gasteiger partial charge in [0.25, 0.3) is 0 Å². The van der Waals surface area contributed by atoms with Crippen LogP contribution in [0.5, 0.6) is 0 Å². The molecule has 1 atom stereocenters. The van der Waals surface area contributed by atoms with Gasteiger partial charge in [-0.1, -0.05) is 12.1 Å². The standard InChI is InChI=1S/C21H25BrN2/c1-13-3-5-19-18(14(13)2)6-4-16-11-17(22)12-24-21(16)20(19)15-7-9-23-10-8-15/h3,5,11-12,15,20,23H,4,6-10H2,1-2H3. The molecule has 0 amide bonds. The molecule has 1 aromatic carbocycles. The van der Waals surface area contributed by atoms with E-state index in [9.17, 15) is 0 Å². The van der Waals surface area contributed by atoms with Crippen LogP contribution in [-0.2, 0) is 12.8 Å². The van der Waals surface area contributed by atoms with Crippen molar-refractivity contribution < 1.29 is 0 Å². The molecule has 2 heterocycles. The van der Waals surface area contributed by atoms with Crippen molar-refractivity contribution in [3.8, 4) is 0 Å². The first kappa shape index (κ1) is 16.3. The van der Waals surface area contributed by atoms with Crippen LogP contribution in [0.15, 0.2) is 28.9 Å². The molecule has 3 heteroatoms. The highest BCUT2D eigenvalue weighted by Gasteiger charge is 2.33. The van der Waals surface area contributed by atoms with Crippen molar-refractivity contribution in [3.63, 3.8) is 0 Å². The Kier molecular flexibility index (Phi) is 4.48. The summed E-state index contributed by atoms with van der Waals surface area (Å²) in [6.45, 7) is 6.80. The minimum Gasteiger partial charge on any atom is -0.317 e. The lowest BCUT2D eigenvalue weighted by molar-refractivity contribution is 0.338. The van der Waals surface area contributed by atoms with Gasteiger partial charge in [-0.25, -0.2) is 0 Å². The average Bonchev–Trinajstić information content (AvgIpc) is 2.76. The van der Waals surface area contributed by atoms with Gasteiger partial charge in [-0.3, -0.25) is 4.98 Å². The molecule has 2 nitrogen and oxygen atoms in total. The zero-order chi connectivity index (χ0) is 16.7. The molecule has 0 bridgehead atoms. The molecule has 2 aliphatic rings. The van der Waals surface area contributed by atoms with Gasteiger partial charge in [0.15, 0.2) is 0 Å². The Morgan fingerprint density at radius 3 is 2.71 bits per heavy atom. The second kappa shape index (κ2) is 6.61. The highest BCUT2D eigenvalue weighted by atomic mass is 79.9. The van der Waals surface area contributed by atoms with Crippen LogP contribution in [0.3, 0.4) is 0 Å². The Hall–Kier alpha value is -1.19. The van der Waals surface area contributed by atoms with Crippen molar-refractivity contribution in [2.75, 3.05) is 13.1 Å². The van der Waals surface area contributed by atoms with Crippen LogP contribution < -0.4 is 5.32 Å². The van der Waals surface area contributed by atoms with Gasteiger partial charge in [-0.15, -0.1) is 0 Å². The lowest BCUT2D eigenvalue weighted by Gasteiger charge is -2.32. The smallest absolute Gasteiger partial charge is 0.0514 e. The molecule has 4 rings (SSSR count). The number of aryl methyl sites for hydroxylation is 2. The molecular weight excluding hydrogens is 360 g/mol. The molecule has 1 aromatic heterocycles. The number of nitrogens with one attached hydrogen (secondary N) is 1. The molecule has 1 N–H and O–H groups in total. The maximum absolute atomic E-state index is 4.92. The number of nitrogens with zero attached hydrogens (tertiary/aromatic N) is 1. The number of benzene rings is 1. The monoisotopic (exact) mass is 384 g/mol. The Morgan fingerprint density at radius 1 is 1.12 bits per heavy atom. The van der Waals surface area contributed by atoms with E-state index in [1.165, 1.54) is 35.2 Å². The van der Waals surface area contributed by atoms with E-state index in [0.717, 1.165) is 30.4 Å². The lowest BCUT2D eigenvalue weighted by Crippen LogP contribution is -2.32. The number of hydrogen-bond acceptors (Lipinski definition) is 2. The molecule has 2 aromatic rings. The highest BCUT2D eigenvalue weighted by molar-refractivity contribution is 9.10. The number of aromatic nitrogens is 1. The molecule has 1 aliphatic carbocycles. The molecule has 24 heavy (non-hydrogen) atoms. The van der Waals surface area contributed by atoms with E-state index in [0.29, 0.717) is 11.8 Å². The third-order valence-electron chi connectivity index (χ3n) is 6.00. The predicted molar refractivity (Wildman–Crippen MR) is 103 cm³/mol. The molecule has 1 aliphatic heterocycles. The molecule has 0 spiro atoms. The van der Waals surface area contributed by atoms with Crippen LogP contribution in [0.4, 0.5) is 0 Å². The normalized spacial score (nSPS) is 21.0. The molecule has 126 valence electrons. The van der Waals surface area contributed by atoms with Crippen molar-refractivity contribution in [3.05, 3.63) is 62.4 Å². The summed E-state index contributed by atoms with van der Waals surface area (Å²) in [6, 6.07) is 7.00. The highest BCUT2D eigenvalue weighted by Crippen LogP contribution is 2.43. The molecule has 0 saturated carbocycles. The summed E-state index contributed by atoms with van der Waals surface area (Å²) in [7, 11) is 0. The first-order valence-corrected chi connectivity index (χ1v) is 9.88. The average molecular weight is 385 g/mol.